The van der Waals surface area contributed by atoms with Crippen molar-refractivity contribution in [2.45, 2.75) is 33.7 Å². The maximum Gasteiger partial charge on any atom is 0.225 e. The highest BCUT2D eigenvalue weighted by atomic mass is 16.2. The van der Waals surface area contributed by atoms with Crippen molar-refractivity contribution < 1.29 is 4.79 Å². The molecule has 15 heavy (non-hydrogen) atoms. The molecule has 0 bridgehead atoms. The third kappa shape index (κ3) is 3.31. The van der Waals surface area contributed by atoms with Crippen LogP contribution in [0, 0.1) is 5.41 Å². The van der Waals surface area contributed by atoms with Crippen molar-refractivity contribution in [3.8, 4) is 0 Å². The smallest absolute Gasteiger partial charge is 0.225 e. The van der Waals surface area contributed by atoms with E-state index in [1.807, 2.05) is 20.8 Å². The van der Waals surface area contributed by atoms with Crippen LogP contribution in [0.3, 0.4) is 0 Å². The van der Waals surface area contributed by atoms with Crippen molar-refractivity contribution in [3.63, 3.8) is 0 Å². The zero-order chi connectivity index (χ0) is 11.3. The molecular formula is C11H17N3O. The lowest BCUT2D eigenvalue weighted by atomic mass is 9.89. The van der Waals surface area contributed by atoms with E-state index >= 15 is 0 Å². The van der Waals surface area contributed by atoms with E-state index in [-0.39, 0.29) is 11.3 Å². The summed E-state index contributed by atoms with van der Waals surface area (Å²) in [6.45, 7) is 6.33. The Bertz CT molecular complexity index is 322. The Balaban J connectivity index is 2.48. The fraction of sp³-hybridized carbons (Fsp3) is 0.545. The summed E-state index contributed by atoms with van der Waals surface area (Å²) < 4.78 is 0. The molecule has 0 radical (unpaired) electrons. The lowest BCUT2D eigenvalue weighted by Crippen LogP contribution is -2.36. The lowest BCUT2D eigenvalue weighted by Gasteiger charge is -2.21. The molecule has 1 rings (SSSR count). The van der Waals surface area contributed by atoms with Gasteiger partial charge < -0.3 is 5.32 Å². The van der Waals surface area contributed by atoms with Crippen molar-refractivity contribution in [1.82, 2.24) is 15.3 Å². The van der Waals surface area contributed by atoms with Crippen LogP contribution >= 0.6 is 0 Å². The first kappa shape index (κ1) is 11.6. The molecule has 0 saturated carbocycles. The van der Waals surface area contributed by atoms with Gasteiger partial charge in [0.1, 0.15) is 6.33 Å². The van der Waals surface area contributed by atoms with E-state index in [9.17, 15) is 4.79 Å². The molecule has 4 nitrogen and oxygen atoms in total. The predicted molar refractivity (Wildman–Crippen MR) is 58.0 cm³/mol. The fourth-order valence-corrected chi connectivity index (χ4v) is 0.993. The summed E-state index contributed by atoms with van der Waals surface area (Å²) in [5.41, 5.74) is 0.512. The van der Waals surface area contributed by atoms with Gasteiger partial charge in [-0.15, -0.1) is 0 Å². The Morgan fingerprint density at radius 1 is 1.53 bits per heavy atom. The number of nitrogens with zero attached hydrogens (tertiary/aromatic N) is 2. The number of nitrogens with one attached hydrogen (secondary N) is 1. The zero-order valence-corrected chi connectivity index (χ0v) is 9.45. The molecule has 0 aliphatic carbocycles. The minimum atomic E-state index is -0.312. The highest BCUT2D eigenvalue weighted by molar-refractivity contribution is 5.81. The Morgan fingerprint density at radius 2 is 2.27 bits per heavy atom. The van der Waals surface area contributed by atoms with Crippen LogP contribution in [-0.2, 0) is 11.3 Å². The topological polar surface area (TPSA) is 54.9 Å². The monoisotopic (exact) mass is 207 g/mol. The first-order chi connectivity index (χ1) is 7.06. The normalized spacial score (nSPS) is 11.1. The molecule has 1 N–H and O–H groups in total. The van der Waals surface area contributed by atoms with E-state index in [2.05, 4.69) is 15.3 Å². The molecule has 0 aliphatic heterocycles. The SMILES string of the molecule is CCC(C)(C)C(=O)NCc1ccncn1. The van der Waals surface area contributed by atoms with Gasteiger partial charge in [0.25, 0.3) is 0 Å². The number of hydrogen-bond acceptors (Lipinski definition) is 3. The van der Waals surface area contributed by atoms with Gasteiger partial charge in [-0.25, -0.2) is 9.97 Å². The van der Waals surface area contributed by atoms with E-state index in [4.69, 9.17) is 0 Å². The molecule has 0 aliphatic rings. The minimum Gasteiger partial charge on any atom is -0.350 e. The van der Waals surface area contributed by atoms with E-state index in [0.717, 1.165) is 12.1 Å². The second kappa shape index (κ2) is 4.87. The Morgan fingerprint density at radius 3 is 2.80 bits per heavy atom. The van der Waals surface area contributed by atoms with Crippen LogP contribution in [0.2, 0.25) is 0 Å². The van der Waals surface area contributed by atoms with Gasteiger partial charge >= 0.3 is 0 Å². The van der Waals surface area contributed by atoms with Crippen LogP contribution in [0.5, 0.6) is 0 Å². The molecule has 4 heteroatoms. The number of hydrogen-bond donors (Lipinski definition) is 1. The minimum absolute atomic E-state index is 0.0589. The zero-order valence-electron chi connectivity index (χ0n) is 9.45. The van der Waals surface area contributed by atoms with Crippen molar-refractivity contribution in [3.05, 3.63) is 24.3 Å². The number of carbonyl (C=O) groups excluding carboxylic acids is 1. The molecule has 0 spiro atoms. The van der Waals surface area contributed by atoms with Crippen LogP contribution in [0.15, 0.2) is 18.6 Å². The van der Waals surface area contributed by atoms with Crippen molar-refractivity contribution >= 4 is 5.91 Å². The third-order valence-electron chi connectivity index (χ3n) is 2.57. The van der Waals surface area contributed by atoms with Gasteiger partial charge in [-0.05, 0) is 12.5 Å². The van der Waals surface area contributed by atoms with E-state index in [1.54, 1.807) is 12.3 Å². The lowest BCUT2D eigenvalue weighted by molar-refractivity contribution is -0.129. The van der Waals surface area contributed by atoms with Crippen LogP contribution in [0.4, 0.5) is 0 Å². The Labute approximate surface area is 90.1 Å². The van der Waals surface area contributed by atoms with Crippen molar-refractivity contribution in [2.24, 2.45) is 5.41 Å². The third-order valence-corrected chi connectivity index (χ3v) is 2.57. The molecule has 0 fully saturated rings. The van der Waals surface area contributed by atoms with Crippen LogP contribution < -0.4 is 5.32 Å². The molecule has 82 valence electrons. The predicted octanol–water partition coefficient (Wildman–Crippen LogP) is 1.53. The first-order valence-corrected chi connectivity index (χ1v) is 5.09. The summed E-state index contributed by atoms with van der Waals surface area (Å²) in [5.74, 6) is 0.0589. The van der Waals surface area contributed by atoms with Gasteiger partial charge in [0.2, 0.25) is 5.91 Å². The van der Waals surface area contributed by atoms with E-state index in [0.29, 0.717) is 6.54 Å². The quantitative estimate of drug-likeness (QED) is 0.814. The molecular weight excluding hydrogens is 190 g/mol. The first-order valence-electron chi connectivity index (χ1n) is 5.09. The van der Waals surface area contributed by atoms with Crippen LogP contribution in [0.1, 0.15) is 32.9 Å². The average molecular weight is 207 g/mol. The van der Waals surface area contributed by atoms with E-state index < -0.39 is 0 Å². The summed E-state index contributed by atoms with van der Waals surface area (Å²) >= 11 is 0. The molecule has 1 amide bonds. The highest BCUT2D eigenvalue weighted by Gasteiger charge is 2.24. The molecule has 0 atom stereocenters. The molecule has 1 aromatic heterocycles. The van der Waals surface area contributed by atoms with Crippen LogP contribution in [0.25, 0.3) is 0 Å². The number of aromatic nitrogens is 2. The van der Waals surface area contributed by atoms with Gasteiger partial charge in [0.05, 0.1) is 12.2 Å². The average Bonchev–Trinajstić information content (AvgIpc) is 2.27. The summed E-state index contributed by atoms with van der Waals surface area (Å²) in [7, 11) is 0. The molecule has 0 aromatic carbocycles. The number of rotatable bonds is 4. The second-order valence-electron chi connectivity index (χ2n) is 4.12. The summed E-state index contributed by atoms with van der Waals surface area (Å²) in [6, 6.07) is 1.79. The molecule has 0 unspecified atom stereocenters. The Hall–Kier alpha value is -1.45. The maximum absolute atomic E-state index is 11.7. The summed E-state index contributed by atoms with van der Waals surface area (Å²) in [6.07, 6.45) is 3.97. The maximum atomic E-state index is 11.7. The van der Waals surface area contributed by atoms with E-state index in [1.165, 1.54) is 6.33 Å². The molecule has 1 heterocycles. The fourth-order valence-electron chi connectivity index (χ4n) is 0.993. The highest BCUT2D eigenvalue weighted by Crippen LogP contribution is 2.19. The van der Waals surface area contributed by atoms with Crippen LogP contribution in [-0.4, -0.2) is 15.9 Å². The van der Waals surface area contributed by atoms with Gasteiger partial charge in [-0.3, -0.25) is 4.79 Å². The van der Waals surface area contributed by atoms with Crippen molar-refractivity contribution in [2.75, 3.05) is 0 Å². The number of amides is 1. The van der Waals surface area contributed by atoms with Gasteiger partial charge in [0, 0.05) is 11.6 Å². The van der Waals surface area contributed by atoms with Gasteiger partial charge in [0.15, 0.2) is 0 Å². The van der Waals surface area contributed by atoms with Gasteiger partial charge in [-0.1, -0.05) is 20.8 Å². The second-order valence-corrected chi connectivity index (χ2v) is 4.12. The van der Waals surface area contributed by atoms with Gasteiger partial charge in [-0.2, -0.15) is 0 Å². The molecule has 1 aromatic rings. The Kier molecular flexibility index (Phi) is 3.77. The summed E-state index contributed by atoms with van der Waals surface area (Å²) in [5, 5.41) is 2.86. The summed E-state index contributed by atoms with van der Waals surface area (Å²) in [4.78, 5) is 19.6. The number of carbonyl (C=O) groups is 1. The van der Waals surface area contributed by atoms with Crippen molar-refractivity contribution in [1.29, 1.82) is 0 Å². The molecule has 0 saturated heterocycles. The largest absolute Gasteiger partial charge is 0.350 e. The standard InChI is InChI=1S/C11H17N3O/c1-4-11(2,3)10(15)13-7-9-5-6-12-8-14-9/h5-6,8H,4,7H2,1-3H3,(H,13,15).